The molecule has 0 aliphatic heterocycles. The molecule has 1 aromatic carbocycles. The van der Waals surface area contributed by atoms with Crippen LogP contribution in [0.25, 0.3) is 11.0 Å². The first kappa shape index (κ1) is 7.79. The van der Waals surface area contributed by atoms with Crippen LogP contribution in [0.4, 0.5) is 0 Å². The van der Waals surface area contributed by atoms with Gasteiger partial charge < -0.3 is 4.98 Å². The Kier molecular flexibility index (Phi) is 2.49. The van der Waals surface area contributed by atoms with Crippen LogP contribution >= 0.6 is 0 Å². The van der Waals surface area contributed by atoms with E-state index < -0.39 is 0 Å². The summed E-state index contributed by atoms with van der Waals surface area (Å²) < 4.78 is 0. The fourth-order valence-corrected chi connectivity index (χ4v) is 0.880. The van der Waals surface area contributed by atoms with Crippen LogP contribution in [0.1, 0.15) is 0 Å². The van der Waals surface area contributed by atoms with Gasteiger partial charge in [-0.1, -0.05) is 12.1 Å². The molecule has 46 valence electrons. The third kappa shape index (κ3) is 1.24. The minimum Gasteiger partial charge on any atom is -0.345 e. The number of fused-ring (bicyclic) bond motifs is 1. The molecule has 1 N–H and O–H groups in total. The molecular weight excluding hydrogens is 135 g/mol. The number of imidazole rings is 1. The number of H-pyrrole nitrogens is 1. The van der Waals surface area contributed by atoms with Crippen LogP contribution in [0.2, 0.25) is 0 Å². The maximum absolute atomic E-state index is 4.06. The van der Waals surface area contributed by atoms with Crippen molar-refractivity contribution in [3.63, 3.8) is 0 Å². The van der Waals surface area contributed by atoms with Gasteiger partial charge in [0.25, 0.3) is 0 Å². The van der Waals surface area contributed by atoms with E-state index in [9.17, 15) is 0 Å². The zero-order valence-corrected chi connectivity index (χ0v) is 4.83. The number of benzene rings is 1. The third-order valence-corrected chi connectivity index (χ3v) is 1.33. The number of hydrogen-bond donors (Lipinski definition) is 1. The first-order valence-corrected chi connectivity index (χ1v) is 2.85. The van der Waals surface area contributed by atoms with E-state index in [1.54, 1.807) is 6.33 Å². The van der Waals surface area contributed by atoms with Gasteiger partial charge in [0, 0.05) is 0 Å². The maximum atomic E-state index is 4.06. The molecule has 0 fully saturated rings. The molecule has 0 aliphatic carbocycles. The number of hydrogen-bond acceptors (Lipinski definition) is 1. The molecule has 0 spiro atoms. The average molecular weight is 142 g/mol. The van der Waals surface area contributed by atoms with Crippen molar-refractivity contribution in [2.75, 3.05) is 0 Å². The normalized spacial score (nSPS) is 9.20. The van der Waals surface area contributed by atoms with Crippen LogP contribution in [0.15, 0.2) is 30.6 Å². The summed E-state index contributed by atoms with van der Waals surface area (Å²) in [5.74, 6) is 0. The third-order valence-electron chi connectivity index (χ3n) is 1.33. The van der Waals surface area contributed by atoms with E-state index >= 15 is 0 Å². The second-order valence-electron chi connectivity index (χ2n) is 1.92. The Balaban J connectivity index is 0.000000500. The van der Waals surface area contributed by atoms with E-state index in [2.05, 4.69) is 9.97 Å². The molecule has 0 unspecified atom stereocenters. The van der Waals surface area contributed by atoms with Crippen molar-refractivity contribution in [2.45, 2.75) is 0 Å². The van der Waals surface area contributed by atoms with Gasteiger partial charge in [-0.05, 0) is 12.1 Å². The van der Waals surface area contributed by atoms with Crippen molar-refractivity contribution in [3.8, 4) is 0 Å². The largest absolute Gasteiger partial charge is 0.345 e. The Morgan fingerprint density at radius 3 is 2.80 bits per heavy atom. The van der Waals surface area contributed by atoms with Crippen molar-refractivity contribution < 1.29 is 0 Å². The molecular formula is C7H7N2Na. The fraction of sp³-hybridized carbons (Fsp3) is 0. The molecule has 0 radical (unpaired) electrons. The predicted octanol–water partition coefficient (Wildman–Crippen LogP) is 0.914. The van der Waals surface area contributed by atoms with Crippen molar-refractivity contribution in [1.82, 2.24) is 9.97 Å². The Labute approximate surface area is 81.0 Å². The molecule has 0 saturated carbocycles. The van der Waals surface area contributed by atoms with Crippen molar-refractivity contribution in [3.05, 3.63) is 30.6 Å². The summed E-state index contributed by atoms with van der Waals surface area (Å²) in [5.41, 5.74) is 2.12. The molecule has 10 heavy (non-hydrogen) atoms. The van der Waals surface area contributed by atoms with Crippen LogP contribution in [0.5, 0.6) is 0 Å². The van der Waals surface area contributed by atoms with Crippen LogP contribution < -0.4 is 0 Å². The molecule has 2 aromatic rings. The van der Waals surface area contributed by atoms with E-state index in [1.165, 1.54) is 0 Å². The number of aromatic amines is 1. The number of para-hydroxylation sites is 2. The zero-order chi connectivity index (χ0) is 6.10. The summed E-state index contributed by atoms with van der Waals surface area (Å²) in [6.07, 6.45) is 1.70. The summed E-state index contributed by atoms with van der Waals surface area (Å²) in [5, 5.41) is 0. The van der Waals surface area contributed by atoms with Gasteiger partial charge in [-0.2, -0.15) is 0 Å². The number of aromatic nitrogens is 2. The van der Waals surface area contributed by atoms with Crippen molar-refractivity contribution in [1.29, 1.82) is 0 Å². The van der Waals surface area contributed by atoms with E-state index in [1.807, 2.05) is 24.3 Å². The van der Waals surface area contributed by atoms with Gasteiger partial charge in [0.15, 0.2) is 0 Å². The standard InChI is InChI=1S/C7H6N2.Na.H/c1-2-4-7-6(3-1)8-5-9-7;;/h1-5H,(H,8,9);;. The van der Waals surface area contributed by atoms with E-state index in [0.717, 1.165) is 11.0 Å². The molecule has 0 aliphatic rings. The molecule has 0 bridgehead atoms. The Morgan fingerprint density at radius 2 is 2.00 bits per heavy atom. The van der Waals surface area contributed by atoms with E-state index in [0.29, 0.717) is 0 Å². The summed E-state index contributed by atoms with van der Waals surface area (Å²) >= 11 is 0. The first-order valence-electron chi connectivity index (χ1n) is 2.85. The van der Waals surface area contributed by atoms with Gasteiger partial charge in [-0.25, -0.2) is 4.98 Å². The maximum Gasteiger partial charge on any atom is 0.0931 e. The van der Waals surface area contributed by atoms with Crippen LogP contribution in [0, 0.1) is 0 Å². The smallest absolute Gasteiger partial charge is 0.0931 e. The van der Waals surface area contributed by atoms with Gasteiger partial charge >= 0.3 is 29.6 Å². The summed E-state index contributed by atoms with van der Waals surface area (Å²) in [6, 6.07) is 7.94. The second-order valence-corrected chi connectivity index (χ2v) is 1.92. The minimum absolute atomic E-state index is 0. The number of nitrogens with one attached hydrogen (secondary N) is 1. The topological polar surface area (TPSA) is 28.7 Å². The molecule has 0 atom stereocenters. The summed E-state index contributed by atoms with van der Waals surface area (Å²) in [4.78, 5) is 7.07. The van der Waals surface area contributed by atoms with Crippen molar-refractivity contribution in [2.24, 2.45) is 0 Å². The SMILES string of the molecule is [NaH].c1ccc2[nH]cnc2c1. The molecule has 2 nitrogen and oxygen atoms in total. The van der Waals surface area contributed by atoms with Crippen LogP contribution in [-0.2, 0) is 0 Å². The van der Waals surface area contributed by atoms with E-state index in [4.69, 9.17) is 0 Å². The fourth-order valence-electron chi connectivity index (χ4n) is 0.880. The average Bonchev–Trinajstić information content (AvgIpc) is 2.33. The zero-order valence-electron chi connectivity index (χ0n) is 4.83. The predicted molar refractivity (Wildman–Crippen MR) is 43.2 cm³/mol. The molecule has 2 rings (SSSR count). The van der Waals surface area contributed by atoms with Gasteiger partial charge in [-0.3, -0.25) is 0 Å². The minimum atomic E-state index is 0. The molecule has 1 aromatic heterocycles. The van der Waals surface area contributed by atoms with E-state index in [-0.39, 0.29) is 29.6 Å². The second kappa shape index (κ2) is 3.19. The Hall–Kier alpha value is -0.310. The summed E-state index contributed by atoms with van der Waals surface area (Å²) in [7, 11) is 0. The Bertz CT molecular complexity index is 286. The monoisotopic (exact) mass is 142 g/mol. The molecule has 3 heteroatoms. The van der Waals surface area contributed by atoms with Gasteiger partial charge in [-0.15, -0.1) is 0 Å². The van der Waals surface area contributed by atoms with Gasteiger partial charge in [0.1, 0.15) is 0 Å². The Morgan fingerprint density at radius 1 is 1.20 bits per heavy atom. The number of nitrogens with zero attached hydrogens (tertiary/aromatic N) is 1. The number of rotatable bonds is 0. The van der Waals surface area contributed by atoms with Gasteiger partial charge in [0.05, 0.1) is 17.4 Å². The first-order chi connectivity index (χ1) is 4.47. The molecule has 0 saturated heterocycles. The van der Waals surface area contributed by atoms with Crippen LogP contribution in [0.3, 0.4) is 0 Å². The molecule has 1 heterocycles. The van der Waals surface area contributed by atoms with Crippen molar-refractivity contribution >= 4 is 40.6 Å². The van der Waals surface area contributed by atoms with Crippen LogP contribution in [-0.4, -0.2) is 39.5 Å². The summed E-state index contributed by atoms with van der Waals surface area (Å²) in [6.45, 7) is 0. The van der Waals surface area contributed by atoms with Gasteiger partial charge in [0.2, 0.25) is 0 Å². The molecule has 0 amide bonds. The quantitative estimate of drug-likeness (QED) is 0.544.